The standard InChI is InChI=1S/C27H35N5O5S/c1-3-15-27(16-4-2)24(33)23(25(34)37-27)22(18-13-14-18)19-9-8-10-20(17-19)31-38(35,36)26(30-28)32(29)21-11-6-5-7-12-21/h5-12,17-18,22,31,33H,3-4,13-16,28-29H2,1-2H3/b30-26+. The summed E-state index contributed by atoms with van der Waals surface area (Å²) >= 11 is 0. The number of esters is 1. The minimum Gasteiger partial charge on any atom is -0.507 e. The quantitative estimate of drug-likeness (QED) is 0.114. The third kappa shape index (κ3) is 5.34. The topological polar surface area (TPSA) is 160 Å². The maximum atomic E-state index is 13.2. The van der Waals surface area contributed by atoms with Crippen molar-refractivity contribution < 1.29 is 23.1 Å². The number of nitrogens with zero attached hydrogens (tertiary/aromatic N) is 2. The molecule has 0 bridgehead atoms. The predicted molar refractivity (Wildman–Crippen MR) is 147 cm³/mol. The molecule has 0 aromatic heterocycles. The van der Waals surface area contributed by atoms with Crippen LogP contribution in [0.4, 0.5) is 11.4 Å². The van der Waals surface area contributed by atoms with Crippen LogP contribution in [0.3, 0.4) is 0 Å². The van der Waals surface area contributed by atoms with Crippen LogP contribution in [0.1, 0.15) is 63.9 Å². The van der Waals surface area contributed by atoms with Gasteiger partial charge in [-0.2, -0.15) is 8.42 Å². The number of hydrogen-bond donors (Lipinski definition) is 4. The number of nitrogens with two attached hydrogens (primary N) is 2. The molecule has 0 amide bonds. The number of anilines is 2. The van der Waals surface area contributed by atoms with Crippen molar-refractivity contribution in [2.45, 2.75) is 63.9 Å². The second-order valence-corrected chi connectivity index (χ2v) is 11.4. The van der Waals surface area contributed by atoms with Gasteiger partial charge in [0.05, 0.1) is 11.3 Å². The monoisotopic (exact) mass is 541 g/mol. The lowest BCUT2D eigenvalue weighted by atomic mass is 9.82. The van der Waals surface area contributed by atoms with E-state index in [0.29, 0.717) is 24.1 Å². The van der Waals surface area contributed by atoms with Gasteiger partial charge >= 0.3 is 5.97 Å². The third-order valence-corrected chi connectivity index (χ3v) is 8.28. The number of carbonyl (C=O) groups is 1. The van der Waals surface area contributed by atoms with Gasteiger partial charge in [0.2, 0.25) is 0 Å². The number of amidine groups is 1. The zero-order chi connectivity index (χ0) is 27.5. The Bertz CT molecular complexity index is 1330. The predicted octanol–water partition coefficient (Wildman–Crippen LogP) is 4.24. The Morgan fingerprint density at radius 2 is 1.82 bits per heavy atom. The molecule has 1 aliphatic heterocycles. The summed E-state index contributed by atoms with van der Waals surface area (Å²) < 4.78 is 34.7. The highest BCUT2D eigenvalue weighted by Crippen LogP contribution is 2.52. The van der Waals surface area contributed by atoms with Crippen LogP contribution >= 0.6 is 0 Å². The van der Waals surface area contributed by atoms with Crippen LogP contribution in [0.5, 0.6) is 0 Å². The lowest BCUT2D eigenvalue weighted by Crippen LogP contribution is -2.45. The Morgan fingerprint density at radius 1 is 1.16 bits per heavy atom. The number of cyclic esters (lactones) is 1. The Balaban J connectivity index is 1.66. The number of benzene rings is 2. The third-order valence-electron chi connectivity index (χ3n) is 7.00. The first kappa shape index (κ1) is 27.5. The normalized spacial score (nSPS) is 18.3. The second-order valence-electron chi connectivity index (χ2n) is 9.81. The van der Waals surface area contributed by atoms with Crippen LogP contribution in [0, 0.1) is 5.92 Å². The van der Waals surface area contributed by atoms with E-state index in [9.17, 15) is 18.3 Å². The molecule has 0 radical (unpaired) electrons. The van der Waals surface area contributed by atoms with E-state index >= 15 is 0 Å². The highest BCUT2D eigenvalue weighted by Gasteiger charge is 2.51. The van der Waals surface area contributed by atoms with Crippen molar-refractivity contribution in [3.8, 4) is 0 Å². The SMILES string of the molecule is CCCC1(CCC)OC(=O)C(C(c2cccc(NS(=O)(=O)/C(=N/N)N(N)c3ccccc3)c2)C2CC2)=C1O. The summed E-state index contributed by atoms with van der Waals surface area (Å²) in [7, 11) is -4.27. The molecule has 11 heteroatoms. The molecule has 6 N–H and O–H groups in total. The number of sulfonamides is 1. The molecule has 1 aliphatic carbocycles. The Kier molecular flexibility index (Phi) is 7.98. The summed E-state index contributed by atoms with van der Waals surface area (Å²) in [6, 6.07) is 15.2. The van der Waals surface area contributed by atoms with Crippen molar-refractivity contribution >= 4 is 32.5 Å². The van der Waals surface area contributed by atoms with Gasteiger partial charge < -0.3 is 15.7 Å². The first-order chi connectivity index (χ1) is 18.2. The van der Waals surface area contributed by atoms with Crippen molar-refractivity contribution in [3.05, 3.63) is 71.5 Å². The Hall–Kier alpha value is -3.57. The van der Waals surface area contributed by atoms with Crippen molar-refractivity contribution in [2.75, 3.05) is 9.73 Å². The maximum absolute atomic E-state index is 13.2. The zero-order valence-electron chi connectivity index (χ0n) is 21.6. The lowest BCUT2D eigenvalue weighted by Gasteiger charge is -2.27. The maximum Gasteiger partial charge on any atom is 0.339 e. The van der Waals surface area contributed by atoms with E-state index in [0.717, 1.165) is 30.7 Å². The number of hydrazine groups is 1. The van der Waals surface area contributed by atoms with Gasteiger partial charge in [-0.15, -0.1) is 5.10 Å². The van der Waals surface area contributed by atoms with Crippen molar-refractivity contribution in [1.29, 1.82) is 0 Å². The van der Waals surface area contributed by atoms with Gasteiger partial charge in [-0.1, -0.05) is 57.0 Å². The molecule has 2 aliphatic rings. The van der Waals surface area contributed by atoms with Gasteiger partial charge in [-0.25, -0.2) is 15.6 Å². The molecule has 1 heterocycles. The van der Waals surface area contributed by atoms with E-state index in [-0.39, 0.29) is 22.9 Å². The first-order valence-electron chi connectivity index (χ1n) is 12.8. The number of hydrazone groups is 1. The molecule has 204 valence electrons. The van der Waals surface area contributed by atoms with Crippen molar-refractivity contribution in [3.63, 3.8) is 0 Å². The van der Waals surface area contributed by atoms with E-state index < -0.39 is 32.7 Å². The average Bonchev–Trinajstić information content (AvgIpc) is 3.69. The van der Waals surface area contributed by atoms with E-state index in [2.05, 4.69) is 9.82 Å². The van der Waals surface area contributed by atoms with Crippen LogP contribution in [0.15, 0.2) is 71.0 Å². The molecule has 0 saturated heterocycles. The number of rotatable bonds is 10. The summed E-state index contributed by atoms with van der Waals surface area (Å²) in [4.78, 5) is 13.1. The molecule has 0 spiro atoms. The minimum absolute atomic E-state index is 0.00766. The van der Waals surface area contributed by atoms with Gasteiger partial charge in [0, 0.05) is 11.6 Å². The molecule has 1 atom stereocenters. The highest BCUT2D eigenvalue weighted by molar-refractivity contribution is 8.07. The molecule has 10 nitrogen and oxygen atoms in total. The number of para-hydroxylation sites is 1. The molecule has 2 aromatic carbocycles. The summed E-state index contributed by atoms with van der Waals surface area (Å²) in [5.74, 6) is 10.7. The molecule has 4 rings (SSSR count). The van der Waals surface area contributed by atoms with Crippen LogP contribution in [0.2, 0.25) is 0 Å². The molecule has 2 aromatic rings. The van der Waals surface area contributed by atoms with Gasteiger partial charge in [-0.05, 0) is 61.4 Å². The number of aliphatic hydroxyl groups excluding tert-OH is 1. The second kappa shape index (κ2) is 11.0. The van der Waals surface area contributed by atoms with Crippen LogP contribution in [0.25, 0.3) is 0 Å². The van der Waals surface area contributed by atoms with Gasteiger partial charge in [0.15, 0.2) is 5.60 Å². The van der Waals surface area contributed by atoms with Gasteiger partial charge in [0.1, 0.15) is 5.76 Å². The summed E-state index contributed by atoms with van der Waals surface area (Å²) in [5.41, 5.74) is 0.603. The highest BCUT2D eigenvalue weighted by atomic mass is 32.2. The number of ether oxygens (including phenoxy) is 1. The molecular formula is C27H35N5O5S. The van der Waals surface area contributed by atoms with Crippen LogP contribution in [-0.2, 0) is 19.6 Å². The summed E-state index contributed by atoms with van der Waals surface area (Å²) in [6.45, 7) is 3.98. The zero-order valence-corrected chi connectivity index (χ0v) is 22.4. The van der Waals surface area contributed by atoms with E-state index in [4.69, 9.17) is 16.4 Å². The largest absolute Gasteiger partial charge is 0.507 e. The molecular weight excluding hydrogens is 506 g/mol. The van der Waals surface area contributed by atoms with Gasteiger partial charge in [0.25, 0.3) is 15.2 Å². The molecule has 38 heavy (non-hydrogen) atoms. The van der Waals surface area contributed by atoms with E-state index in [1.807, 2.05) is 19.9 Å². The number of nitrogens with one attached hydrogen (secondary N) is 1. The van der Waals surface area contributed by atoms with Crippen LogP contribution in [-0.4, -0.2) is 30.3 Å². The Labute approximate surface area is 223 Å². The fourth-order valence-corrected chi connectivity index (χ4v) is 6.26. The van der Waals surface area contributed by atoms with Crippen molar-refractivity contribution in [1.82, 2.24) is 0 Å². The minimum atomic E-state index is -4.27. The molecule has 1 saturated carbocycles. The van der Waals surface area contributed by atoms with Gasteiger partial charge in [-0.3, -0.25) is 4.72 Å². The summed E-state index contributed by atoms with van der Waals surface area (Å²) in [6.07, 6.45) is 4.36. The number of carbonyl (C=O) groups excluding carboxylic acids is 1. The number of aliphatic hydroxyl groups is 1. The van der Waals surface area contributed by atoms with E-state index in [1.54, 1.807) is 48.5 Å². The fraction of sp³-hybridized carbons (Fsp3) is 0.407. The smallest absolute Gasteiger partial charge is 0.339 e. The molecule has 1 unspecified atom stereocenters. The number of hydrogen-bond acceptors (Lipinski definition) is 8. The van der Waals surface area contributed by atoms with Crippen LogP contribution < -0.4 is 21.4 Å². The fourth-order valence-electron chi connectivity index (χ4n) is 5.23. The van der Waals surface area contributed by atoms with Crippen molar-refractivity contribution in [2.24, 2.45) is 22.7 Å². The summed E-state index contributed by atoms with van der Waals surface area (Å²) in [5, 5.41) is 15.1. The average molecular weight is 542 g/mol. The lowest BCUT2D eigenvalue weighted by molar-refractivity contribution is -0.149. The Morgan fingerprint density at radius 3 is 2.39 bits per heavy atom. The first-order valence-corrected chi connectivity index (χ1v) is 14.3. The van der Waals surface area contributed by atoms with E-state index in [1.165, 1.54) is 0 Å². The molecule has 1 fully saturated rings.